The average molecular weight is 315 g/mol. The highest BCUT2D eigenvalue weighted by atomic mass is 16.5. The lowest BCUT2D eigenvalue weighted by Crippen LogP contribution is -2.15. The van der Waals surface area contributed by atoms with Crippen molar-refractivity contribution in [1.29, 1.82) is 0 Å². The van der Waals surface area contributed by atoms with E-state index in [0.29, 0.717) is 6.42 Å². The molecule has 124 valence electrons. The molecule has 0 atom stereocenters. The normalized spacial score (nSPS) is 19.1. The number of carbonyl (C=O) groups excluding carboxylic acids is 1. The Morgan fingerprint density at radius 1 is 1.09 bits per heavy atom. The van der Waals surface area contributed by atoms with Gasteiger partial charge in [0, 0.05) is 29.4 Å². The Morgan fingerprint density at radius 2 is 1.87 bits per heavy atom. The first-order valence-corrected chi connectivity index (χ1v) is 8.52. The Balaban J connectivity index is 1.79. The number of carbonyl (C=O) groups is 1. The van der Waals surface area contributed by atoms with E-state index in [-0.39, 0.29) is 11.9 Å². The van der Waals surface area contributed by atoms with Gasteiger partial charge in [-0.05, 0) is 57.6 Å². The molecule has 1 saturated carbocycles. The summed E-state index contributed by atoms with van der Waals surface area (Å²) in [7, 11) is 1.66. The molecule has 0 aliphatic heterocycles. The van der Waals surface area contributed by atoms with Crippen molar-refractivity contribution in [1.82, 2.24) is 0 Å². The van der Waals surface area contributed by atoms with Crippen molar-refractivity contribution in [3.8, 4) is 11.5 Å². The largest absolute Gasteiger partial charge is 0.493 e. The van der Waals surface area contributed by atoms with E-state index in [9.17, 15) is 4.79 Å². The van der Waals surface area contributed by atoms with Crippen molar-refractivity contribution in [3.05, 3.63) is 29.5 Å². The van der Waals surface area contributed by atoms with E-state index in [1.54, 1.807) is 7.11 Å². The minimum atomic E-state index is 0.245. The number of allylic oxidation sites excluding steroid dienone is 2. The highest BCUT2D eigenvalue weighted by Crippen LogP contribution is 2.35. The van der Waals surface area contributed by atoms with Crippen molar-refractivity contribution < 1.29 is 14.3 Å². The smallest absolute Gasteiger partial charge is 0.163 e. The van der Waals surface area contributed by atoms with Crippen LogP contribution in [0.1, 0.15) is 51.9 Å². The molecule has 23 heavy (non-hydrogen) atoms. The van der Waals surface area contributed by atoms with Gasteiger partial charge >= 0.3 is 0 Å². The van der Waals surface area contributed by atoms with Gasteiger partial charge in [0.05, 0.1) is 13.2 Å². The third-order valence-electron chi connectivity index (χ3n) is 4.76. The van der Waals surface area contributed by atoms with Crippen LogP contribution in [0.3, 0.4) is 0 Å². The summed E-state index contributed by atoms with van der Waals surface area (Å²) in [6.07, 6.45) is 7.48. The number of hydrogen-bond acceptors (Lipinski definition) is 4. The third-order valence-corrected chi connectivity index (χ3v) is 4.76. The zero-order valence-electron chi connectivity index (χ0n) is 14.0. The van der Waals surface area contributed by atoms with E-state index in [0.717, 1.165) is 54.1 Å². The quantitative estimate of drug-likeness (QED) is 0.871. The predicted octanol–water partition coefficient (Wildman–Crippen LogP) is 4.46. The topological polar surface area (TPSA) is 47.6 Å². The molecule has 1 N–H and O–H groups in total. The van der Waals surface area contributed by atoms with Gasteiger partial charge < -0.3 is 14.8 Å². The van der Waals surface area contributed by atoms with Crippen molar-refractivity contribution in [3.63, 3.8) is 0 Å². The third kappa shape index (κ3) is 3.69. The molecule has 4 heteroatoms. The summed E-state index contributed by atoms with van der Waals surface area (Å²) in [6.45, 7) is 1.91. The van der Waals surface area contributed by atoms with Gasteiger partial charge in [-0.15, -0.1) is 0 Å². The number of benzene rings is 1. The monoisotopic (exact) mass is 315 g/mol. The summed E-state index contributed by atoms with van der Waals surface area (Å²) >= 11 is 0. The van der Waals surface area contributed by atoms with Gasteiger partial charge in [0.25, 0.3) is 0 Å². The number of ether oxygens (including phenoxy) is 2. The van der Waals surface area contributed by atoms with E-state index in [1.165, 1.54) is 12.8 Å². The molecular weight excluding hydrogens is 290 g/mol. The van der Waals surface area contributed by atoms with Crippen LogP contribution in [0.5, 0.6) is 11.5 Å². The second-order valence-corrected chi connectivity index (χ2v) is 6.40. The molecule has 1 aromatic rings. The number of anilines is 1. The lowest BCUT2D eigenvalue weighted by Gasteiger charge is -2.20. The summed E-state index contributed by atoms with van der Waals surface area (Å²) in [5.74, 6) is 1.78. The van der Waals surface area contributed by atoms with Gasteiger partial charge in [0.2, 0.25) is 0 Å². The number of methoxy groups -OCH3 is 1. The summed E-state index contributed by atoms with van der Waals surface area (Å²) in [4.78, 5) is 11.8. The van der Waals surface area contributed by atoms with Crippen molar-refractivity contribution in [2.24, 2.45) is 0 Å². The van der Waals surface area contributed by atoms with Gasteiger partial charge in [0.1, 0.15) is 0 Å². The molecule has 0 amide bonds. The van der Waals surface area contributed by atoms with Crippen LogP contribution in [-0.2, 0) is 4.79 Å². The zero-order chi connectivity index (χ0) is 16.2. The van der Waals surface area contributed by atoms with Crippen LogP contribution in [0, 0.1) is 0 Å². The maximum Gasteiger partial charge on any atom is 0.163 e. The Morgan fingerprint density at radius 3 is 2.61 bits per heavy atom. The zero-order valence-corrected chi connectivity index (χ0v) is 14.0. The summed E-state index contributed by atoms with van der Waals surface area (Å²) in [5, 5.41) is 3.40. The Labute approximate surface area is 137 Å². The van der Waals surface area contributed by atoms with Crippen LogP contribution in [0.4, 0.5) is 5.69 Å². The van der Waals surface area contributed by atoms with Crippen LogP contribution in [0.2, 0.25) is 0 Å². The first-order chi connectivity index (χ1) is 11.2. The highest BCUT2D eigenvalue weighted by Gasteiger charge is 2.20. The van der Waals surface area contributed by atoms with Crippen molar-refractivity contribution in [2.45, 2.75) is 58.0 Å². The first-order valence-electron chi connectivity index (χ1n) is 8.52. The maximum absolute atomic E-state index is 11.8. The van der Waals surface area contributed by atoms with Gasteiger partial charge in [-0.2, -0.15) is 0 Å². The van der Waals surface area contributed by atoms with Crippen molar-refractivity contribution >= 4 is 11.5 Å². The molecule has 0 aromatic heterocycles. The number of nitrogens with one attached hydrogen (secondary N) is 1. The predicted molar refractivity (Wildman–Crippen MR) is 91.1 cm³/mol. The minimum absolute atomic E-state index is 0.245. The molecule has 1 fully saturated rings. The van der Waals surface area contributed by atoms with Gasteiger partial charge in [-0.3, -0.25) is 4.79 Å². The molecular formula is C19H25NO3. The SMILES string of the molecule is COc1ccc(NC2=C(C)C(=O)CCC2)cc1OC1CCCC1. The van der Waals surface area contributed by atoms with Crippen LogP contribution in [0.25, 0.3) is 0 Å². The van der Waals surface area contributed by atoms with Gasteiger partial charge in [-0.1, -0.05) is 0 Å². The molecule has 0 unspecified atom stereocenters. The molecule has 0 saturated heterocycles. The van der Waals surface area contributed by atoms with E-state index >= 15 is 0 Å². The molecule has 2 aliphatic carbocycles. The molecule has 1 aromatic carbocycles. The van der Waals surface area contributed by atoms with Gasteiger partial charge in [0.15, 0.2) is 17.3 Å². The van der Waals surface area contributed by atoms with Crippen LogP contribution >= 0.6 is 0 Å². The maximum atomic E-state index is 11.8. The van der Waals surface area contributed by atoms with E-state index in [4.69, 9.17) is 9.47 Å². The Bertz CT molecular complexity index is 615. The average Bonchev–Trinajstić information content (AvgIpc) is 3.05. The minimum Gasteiger partial charge on any atom is -0.493 e. The number of Topliss-reactive ketones (excluding diaryl/α,β-unsaturated/α-hetero) is 1. The molecule has 0 radical (unpaired) electrons. The Kier molecular flexibility index (Phi) is 4.89. The van der Waals surface area contributed by atoms with Crippen LogP contribution in [-0.4, -0.2) is 19.0 Å². The van der Waals surface area contributed by atoms with E-state index in [2.05, 4.69) is 5.32 Å². The summed E-state index contributed by atoms with van der Waals surface area (Å²) in [5.41, 5.74) is 2.83. The van der Waals surface area contributed by atoms with E-state index < -0.39 is 0 Å². The van der Waals surface area contributed by atoms with Crippen LogP contribution < -0.4 is 14.8 Å². The molecule has 2 aliphatic rings. The standard InChI is InChI=1S/C19H25NO3/c1-13-16(8-5-9-17(13)21)20-14-10-11-18(22-2)19(12-14)23-15-6-3-4-7-15/h10-12,15,20H,3-9H2,1-2H3. The van der Waals surface area contributed by atoms with Gasteiger partial charge in [-0.25, -0.2) is 0 Å². The molecule has 0 spiro atoms. The molecule has 0 heterocycles. The fraction of sp³-hybridized carbons (Fsp3) is 0.526. The second-order valence-electron chi connectivity index (χ2n) is 6.40. The summed E-state index contributed by atoms with van der Waals surface area (Å²) in [6, 6.07) is 5.88. The molecule has 3 rings (SSSR count). The fourth-order valence-corrected chi connectivity index (χ4v) is 3.33. The number of rotatable bonds is 5. The number of hydrogen-bond donors (Lipinski definition) is 1. The van der Waals surface area contributed by atoms with E-state index in [1.807, 2.05) is 25.1 Å². The fourth-order valence-electron chi connectivity index (χ4n) is 3.33. The highest BCUT2D eigenvalue weighted by molar-refractivity contribution is 5.96. The Hall–Kier alpha value is -1.97. The molecule has 0 bridgehead atoms. The number of ketones is 1. The second kappa shape index (κ2) is 7.07. The first kappa shape index (κ1) is 15.9. The summed E-state index contributed by atoms with van der Waals surface area (Å²) < 4.78 is 11.5. The lowest BCUT2D eigenvalue weighted by molar-refractivity contribution is -0.116. The lowest BCUT2D eigenvalue weighted by atomic mass is 9.96. The van der Waals surface area contributed by atoms with Crippen LogP contribution in [0.15, 0.2) is 29.5 Å². The van der Waals surface area contributed by atoms with Crippen molar-refractivity contribution in [2.75, 3.05) is 12.4 Å². The molecule has 4 nitrogen and oxygen atoms in total.